The van der Waals surface area contributed by atoms with Gasteiger partial charge in [0.15, 0.2) is 0 Å². The highest BCUT2D eigenvalue weighted by atomic mass is 19.3. The van der Waals surface area contributed by atoms with Crippen molar-refractivity contribution in [1.82, 2.24) is 9.97 Å². The van der Waals surface area contributed by atoms with Gasteiger partial charge in [0.1, 0.15) is 11.6 Å². The van der Waals surface area contributed by atoms with Gasteiger partial charge in [-0.05, 0) is 37.5 Å². The third-order valence-corrected chi connectivity index (χ3v) is 8.14. The fraction of sp³-hybridized carbons (Fsp3) is 0.560. The lowest BCUT2D eigenvalue weighted by Crippen LogP contribution is -2.52. The van der Waals surface area contributed by atoms with Crippen molar-refractivity contribution in [2.45, 2.75) is 51.9 Å². The van der Waals surface area contributed by atoms with Crippen molar-refractivity contribution in [2.75, 3.05) is 41.3 Å². The number of nitrogens with zero attached hydrogens (tertiary/aromatic N) is 5. The molecule has 2 saturated heterocycles. The van der Waals surface area contributed by atoms with E-state index in [-0.39, 0.29) is 54.4 Å². The highest BCUT2D eigenvalue weighted by molar-refractivity contribution is 6.08. The van der Waals surface area contributed by atoms with Crippen LogP contribution in [-0.4, -0.2) is 52.9 Å². The number of fused-ring (bicyclic) bond motifs is 1. The Balaban J connectivity index is 1.43. The number of nitro groups is 1. The first-order valence-corrected chi connectivity index (χ1v) is 12.5. The summed E-state index contributed by atoms with van der Waals surface area (Å²) in [5, 5.41) is 14.1. The molecule has 0 radical (unpaired) electrons. The van der Waals surface area contributed by atoms with Gasteiger partial charge < -0.3 is 15.1 Å². The van der Waals surface area contributed by atoms with Gasteiger partial charge in [-0.25, -0.2) is 18.2 Å². The van der Waals surface area contributed by atoms with Crippen LogP contribution in [0.5, 0.6) is 0 Å². The van der Waals surface area contributed by atoms with Crippen molar-refractivity contribution < 1.29 is 22.9 Å². The Kier molecular flexibility index (Phi) is 6.23. The molecule has 1 saturated carbocycles. The van der Waals surface area contributed by atoms with E-state index in [4.69, 9.17) is 0 Å². The number of alkyl halides is 2. The van der Waals surface area contributed by atoms with Crippen molar-refractivity contribution in [1.29, 1.82) is 0 Å². The Labute approximate surface area is 212 Å². The summed E-state index contributed by atoms with van der Waals surface area (Å²) in [5.41, 5.74) is 0.188. The van der Waals surface area contributed by atoms with Gasteiger partial charge in [-0.15, -0.1) is 0 Å². The Morgan fingerprint density at radius 3 is 2.43 bits per heavy atom. The van der Waals surface area contributed by atoms with Crippen LogP contribution in [0.4, 0.5) is 36.3 Å². The molecule has 1 aliphatic carbocycles. The number of carbonyl (C=O) groups excluding carboxylic acids is 1. The van der Waals surface area contributed by atoms with Crippen LogP contribution in [0, 0.1) is 34.2 Å². The summed E-state index contributed by atoms with van der Waals surface area (Å²) in [6.45, 7) is 5.19. The average Bonchev–Trinajstić information content (AvgIpc) is 2.81. The monoisotopic (exact) mass is 518 g/mol. The summed E-state index contributed by atoms with van der Waals surface area (Å²) >= 11 is 0. The number of piperidine rings is 2. The van der Waals surface area contributed by atoms with E-state index in [0.717, 1.165) is 25.3 Å². The number of nitro benzene ring substituents is 1. The molecule has 0 spiro atoms. The second kappa shape index (κ2) is 9.14. The average molecular weight is 519 g/mol. The molecule has 2 aromatic rings. The van der Waals surface area contributed by atoms with E-state index in [0.29, 0.717) is 24.7 Å². The van der Waals surface area contributed by atoms with Crippen LogP contribution in [0.1, 0.15) is 55.1 Å². The zero-order chi connectivity index (χ0) is 26.5. The maximum Gasteiger partial charge on any atom is 0.274 e. The maximum absolute atomic E-state index is 15.3. The van der Waals surface area contributed by atoms with Crippen LogP contribution >= 0.6 is 0 Å². The summed E-state index contributed by atoms with van der Waals surface area (Å²) in [6.07, 6.45) is 2.36. The maximum atomic E-state index is 15.3. The van der Waals surface area contributed by atoms with Gasteiger partial charge in [0, 0.05) is 56.8 Å². The molecule has 0 bridgehead atoms. The molecule has 37 heavy (non-hydrogen) atoms. The van der Waals surface area contributed by atoms with Crippen LogP contribution in [0.2, 0.25) is 0 Å². The van der Waals surface area contributed by atoms with Crippen LogP contribution < -0.4 is 15.1 Å². The first kappa shape index (κ1) is 25.2. The number of anilines is 3. The van der Waals surface area contributed by atoms with Crippen molar-refractivity contribution in [3.8, 4) is 0 Å². The second-order valence-corrected chi connectivity index (χ2v) is 10.7. The SMILES string of the molecule is Cc1cc(NC(=O)c2c(F)cc([N+](=O)[O-])cc2N2CC[C@]3(C)CC[C@@H]3C2)nc(N2CCC(F)(F)CC2)n1. The Morgan fingerprint density at radius 2 is 1.81 bits per heavy atom. The highest BCUT2D eigenvalue weighted by Gasteiger charge is 2.46. The van der Waals surface area contributed by atoms with E-state index in [1.807, 2.05) is 4.90 Å². The molecule has 198 valence electrons. The van der Waals surface area contributed by atoms with Gasteiger partial charge in [0.25, 0.3) is 17.5 Å². The minimum atomic E-state index is -2.73. The van der Waals surface area contributed by atoms with Gasteiger partial charge in [0.05, 0.1) is 22.2 Å². The molecule has 1 amide bonds. The second-order valence-electron chi connectivity index (χ2n) is 10.7. The molecule has 1 N–H and O–H groups in total. The molecule has 3 fully saturated rings. The number of hydrogen-bond acceptors (Lipinski definition) is 7. The third-order valence-electron chi connectivity index (χ3n) is 8.14. The van der Waals surface area contributed by atoms with Crippen molar-refractivity contribution in [3.05, 3.63) is 45.4 Å². The molecule has 3 heterocycles. The van der Waals surface area contributed by atoms with E-state index in [2.05, 4.69) is 22.2 Å². The summed E-state index contributed by atoms with van der Waals surface area (Å²) in [4.78, 5) is 36.3. The van der Waals surface area contributed by atoms with Crippen LogP contribution in [0.3, 0.4) is 0 Å². The van der Waals surface area contributed by atoms with Crippen LogP contribution in [0.15, 0.2) is 18.2 Å². The van der Waals surface area contributed by atoms with Gasteiger partial charge in [-0.1, -0.05) is 6.92 Å². The molecule has 1 aromatic carbocycles. The number of carbonyl (C=O) groups is 1. The van der Waals surface area contributed by atoms with Gasteiger partial charge in [-0.2, -0.15) is 4.98 Å². The smallest absolute Gasteiger partial charge is 0.274 e. The first-order chi connectivity index (χ1) is 17.4. The van der Waals surface area contributed by atoms with E-state index >= 15 is 4.39 Å². The quantitative estimate of drug-likeness (QED) is 0.441. The number of benzene rings is 1. The van der Waals surface area contributed by atoms with Gasteiger partial charge >= 0.3 is 0 Å². The molecular weight excluding hydrogens is 489 g/mol. The predicted molar refractivity (Wildman–Crippen MR) is 132 cm³/mol. The number of aromatic nitrogens is 2. The molecule has 9 nitrogen and oxygen atoms in total. The number of nitrogens with one attached hydrogen (secondary N) is 1. The van der Waals surface area contributed by atoms with Gasteiger partial charge in [0.2, 0.25) is 5.95 Å². The molecule has 12 heteroatoms. The lowest BCUT2D eigenvalue weighted by molar-refractivity contribution is -0.385. The summed E-state index contributed by atoms with van der Waals surface area (Å²) < 4.78 is 42.4. The van der Waals surface area contributed by atoms with E-state index in [1.165, 1.54) is 12.1 Å². The van der Waals surface area contributed by atoms with Crippen molar-refractivity contribution in [3.63, 3.8) is 0 Å². The topological polar surface area (TPSA) is 104 Å². The molecule has 2 aliphatic heterocycles. The molecule has 3 aliphatic rings. The third kappa shape index (κ3) is 4.93. The molecule has 2 atom stereocenters. The van der Waals surface area contributed by atoms with Crippen molar-refractivity contribution >= 4 is 29.0 Å². The minimum absolute atomic E-state index is 0.0695. The molecular formula is C25H29F3N6O3. The van der Waals surface area contributed by atoms with Crippen LogP contribution in [-0.2, 0) is 0 Å². The number of halogens is 3. The summed E-state index contributed by atoms with van der Waals surface area (Å²) in [7, 11) is 0. The minimum Gasteiger partial charge on any atom is -0.370 e. The number of hydrogen-bond donors (Lipinski definition) is 1. The summed E-state index contributed by atoms with van der Waals surface area (Å²) in [6, 6.07) is 3.51. The lowest BCUT2D eigenvalue weighted by Gasteiger charge is -2.54. The van der Waals surface area contributed by atoms with Gasteiger partial charge in [-0.3, -0.25) is 14.9 Å². The highest BCUT2D eigenvalue weighted by Crippen LogP contribution is 2.52. The fourth-order valence-corrected chi connectivity index (χ4v) is 5.58. The number of amides is 1. The molecule has 0 unspecified atom stereocenters. The fourth-order valence-electron chi connectivity index (χ4n) is 5.58. The Morgan fingerprint density at radius 1 is 1.11 bits per heavy atom. The largest absolute Gasteiger partial charge is 0.370 e. The van der Waals surface area contributed by atoms with Crippen molar-refractivity contribution in [2.24, 2.45) is 11.3 Å². The predicted octanol–water partition coefficient (Wildman–Crippen LogP) is 4.95. The molecule has 1 aromatic heterocycles. The lowest BCUT2D eigenvalue weighted by atomic mass is 9.58. The van der Waals surface area contributed by atoms with E-state index in [9.17, 15) is 23.7 Å². The number of aryl methyl sites for hydroxylation is 1. The number of non-ortho nitro benzene ring substituents is 1. The zero-order valence-electron chi connectivity index (χ0n) is 20.8. The normalized spacial score (nSPS) is 24.7. The van der Waals surface area contributed by atoms with E-state index in [1.54, 1.807) is 11.8 Å². The Hall–Kier alpha value is -3.44. The Bertz CT molecular complexity index is 1250. The van der Waals surface area contributed by atoms with E-state index < -0.39 is 28.3 Å². The first-order valence-electron chi connectivity index (χ1n) is 12.5. The molecule has 5 rings (SSSR count). The standard InChI is InChI=1S/C25H29F3N6O3/c1-15-11-20(31-23(29-15)32-9-6-25(27,28)7-10-32)30-22(35)21-18(26)12-17(34(36)37)13-19(21)33-8-5-24(2)4-3-16(24)14-33/h11-13,16H,3-10,14H2,1-2H3,(H,29,30,31,35)/t16-,24+/m1/s1. The zero-order valence-corrected chi connectivity index (χ0v) is 20.8. The summed E-state index contributed by atoms with van der Waals surface area (Å²) in [5.74, 6) is -3.84. The number of rotatable bonds is 5. The van der Waals surface area contributed by atoms with Crippen LogP contribution in [0.25, 0.3) is 0 Å².